The lowest BCUT2D eigenvalue weighted by molar-refractivity contribution is -0.114. The molecule has 1 saturated carbocycles. The molecule has 0 bridgehead atoms. The summed E-state index contributed by atoms with van der Waals surface area (Å²) in [6.07, 6.45) is 2.16. The predicted molar refractivity (Wildman–Crippen MR) is 127 cm³/mol. The quantitative estimate of drug-likeness (QED) is 0.330. The Bertz CT molecular complexity index is 1510. The zero-order valence-electron chi connectivity index (χ0n) is 19.1. The monoisotopic (exact) mass is 460 g/mol. The smallest absolute Gasteiger partial charge is 0.340 e. The summed E-state index contributed by atoms with van der Waals surface area (Å²) in [5.41, 5.74) is 3.10. The molecule has 2 aromatic carbocycles. The predicted octanol–water partition coefficient (Wildman–Crippen LogP) is 4.72. The maximum absolute atomic E-state index is 13.3. The molecule has 8 heteroatoms. The third-order valence-corrected chi connectivity index (χ3v) is 6.08. The minimum absolute atomic E-state index is 0.0973. The Balaban J connectivity index is 1.48. The van der Waals surface area contributed by atoms with E-state index in [0.717, 1.165) is 29.4 Å². The molecule has 5 rings (SSSR count). The number of nitrogens with one attached hydrogen (secondary N) is 1. The number of anilines is 1. The minimum atomic E-state index is -0.565. The van der Waals surface area contributed by atoms with Crippen LogP contribution in [0.1, 0.15) is 47.4 Å². The van der Waals surface area contributed by atoms with Crippen molar-refractivity contribution in [1.29, 1.82) is 0 Å². The second-order valence-electron chi connectivity index (χ2n) is 8.50. The molecule has 0 radical (unpaired) electrons. The Morgan fingerprint density at radius 1 is 1.12 bits per heavy atom. The van der Waals surface area contributed by atoms with E-state index in [4.69, 9.17) is 13.9 Å². The van der Waals surface area contributed by atoms with Crippen molar-refractivity contribution in [3.05, 3.63) is 69.7 Å². The first-order chi connectivity index (χ1) is 16.4. The Hall–Kier alpha value is -4.07. The number of fused-ring (bicyclic) bond motifs is 2. The van der Waals surface area contributed by atoms with Gasteiger partial charge >= 0.3 is 11.6 Å². The molecule has 8 nitrogen and oxygen atoms in total. The Morgan fingerprint density at radius 2 is 1.91 bits per heavy atom. The molecule has 0 atom stereocenters. The van der Waals surface area contributed by atoms with Crippen LogP contribution in [0.15, 0.2) is 51.7 Å². The molecule has 34 heavy (non-hydrogen) atoms. The number of nitrogens with zero attached hydrogens (tertiary/aromatic N) is 1. The second kappa shape index (κ2) is 8.37. The van der Waals surface area contributed by atoms with Crippen molar-refractivity contribution in [1.82, 2.24) is 4.57 Å². The highest BCUT2D eigenvalue weighted by Crippen LogP contribution is 2.42. The minimum Gasteiger partial charge on any atom is -0.497 e. The first-order valence-electron chi connectivity index (χ1n) is 11.1. The van der Waals surface area contributed by atoms with Crippen LogP contribution in [0.25, 0.3) is 21.9 Å². The summed E-state index contributed by atoms with van der Waals surface area (Å²) in [6.45, 7) is 3.23. The highest BCUT2D eigenvalue weighted by molar-refractivity contribution is 6.06. The summed E-state index contributed by atoms with van der Waals surface area (Å²) < 4.78 is 18.6. The van der Waals surface area contributed by atoms with Gasteiger partial charge in [0, 0.05) is 58.3 Å². The number of esters is 1. The normalized spacial score (nSPS) is 13.3. The number of carbonyl (C=O) groups is 2. The molecule has 1 aliphatic rings. The molecular formula is C26H24N2O6. The van der Waals surface area contributed by atoms with Crippen molar-refractivity contribution in [2.75, 3.05) is 12.4 Å². The summed E-state index contributed by atoms with van der Waals surface area (Å²) >= 11 is 0. The number of benzene rings is 2. The first kappa shape index (κ1) is 21.8. The van der Waals surface area contributed by atoms with E-state index < -0.39 is 11.6 Å². The topological polar surface area (TPSA) is 99.8 Å². The summed E-state index contributed by atoms with van der Waals surface area (Å²) in [5.74, 6) is -0.0355. The molecule has 2 heterocycles. The van der Waals surface area contributed by atoms with Crippen molar-refractivity contribution < 1.29 is 23.5 Å². The van der Waals surface area contributed by atoms with Gasteiger partial charge in [-0.05, 0) is 50.1 Å². The van der Waals surface area contributed by atoms with Gasteiger partial charge < -0.3 is 23.8 Å². The number of methoxy groups -OCH3 is 1. The van der Waals surface area contributed by atoms with Gasteiger partial charge in [-0.2, -0.15) is 0 Å². The van der Waals surface area contributed by atoms with E-state index in [0.29, 0.717) is 39.6 Å². The van der Waals surface area contributed by atoms with E-state index in [-0.39, 0.29) is 12.5 Å². The lowest BCUT2D eigenvalue weighted by Crippen LogP contribution is -2.10. The van der Waals surface area contributed by atoms with Gasteiger partial charge in [-0.25, -0.2) is 9.59 Å². The summed E-state index contributed by atoms with van der Waals surface area (Å²) in [4.78, 5) is 36.7. The van der Waals surface area contributed by atoms with Crippen LogP contribution >= 0.6 is 0 Å². The van der Waals surface area contributed by atoms with Gasteiger partial charge in [0.05, 0.1) is 12.7 Å². The lowest BCUT2D eigenvalue weighted by Gasteiger charge is -2.09. The highest BCUT2D eigenvalue weighted by Gasteiger charge is 2.31. The summed E-state index contributed by atoms with van der Waals surface area (Å²) in [7, 11) is 1.59. The van der Waals surface area contributed by atoms with Gasteiger partial charge in [0.25, 0.3) is 0 Å². The average molecular weight is 460 g/mol. The largest absolute Gasteiger partial charge is 0.497 e. The van der Waals surface area contributed by atoms with E-state index in [9.17, 15) is 14.4 Å². The van der Waals surface area contributed by atoms with Gasteiger partial charge in [-0.15, -0.1) is 0 Å². The Morgan fingerprint density at radius 3 is 2.62 bits per heavy atom. The SMILES string of the molecule is COc1ccc2c(c1)c(C(=O)OCc1cc(=O)oc3cc(NC(C)=O)ccc13)c(C)n2C1CC1. The second-order valence-corrected chi connectivity index (χ2v) is 8.50. The molecule has 2 aromatic heterocycles. The van der Waals surface area contributed by atoms with Crippen LogP contribution in [0.2, 0.25) is 0 Å². The van der Waals surface area contributed by atoms with Crippen molar-refractivity contribution in [3.8, 4) is 5.75 Å². The third kappa shape index (κ3) is 3.91. The van der Waals surface area contributed by atoms with E-state index in [1.807, 2.05) is 25.1 Å². The average Bonchev–Trinajstić information content (AvgIpc) is 3.58. The van der Waals surface area contributed by atoms with Crippen LogP contribution in [0, 0.1) is 6.92 Å². The molecule has 0 saturated heterocycles. The van der Waals surface area contributed by atoms with Crippen LogP contribution in [-0.2, 0) is 16.1 Å². The molecule has 0 spiro atoms. The number of aromatic nitrogens is 1. The maximum atomic E-state index is 13.3. The number of ether oxygens (including phenoxy) is 2. The first-order valence-corrected chi connectivity index (χ1v) is 11.1. The maximum Gasteiger partial charge on any atom is 0.340 e. The van der Waals surface area contributed by atoms with Gasteiger partial charge in [0.15, 0.2) is 0 Å². The van der Waals surface area contributed by atoms with Crippen molar-refractivity contribution in [2.24, 2.45) is 0 Å². The van der Waals surface area contributed by atoms with E-state index in [1.165, 1.54) is 13.0 Å². The Labute approximate surface area is 195 Å². The molecule has 1 fully saturated rings. The molecule has 1 amide bonds. The van der Waals surface area contributed by atoms with Crippen LogP contribution in [0.3, 0.4) is 0 Å². The molecule has 174 valence electrons. The van der Waals surface area contributed by atoms with E-state index >= 15 is 0 Å². The fraction of sp³-hybridized carbons (Fsp3) is 0.269. The fourth-order valence-electron chi connectivity index (χ4n) is 4.46. The Kier molecular flexibility index (Phi) is 5.36. The zero-order valence-corrected chi connectivity index (χ0v) is 19.1. The van der Waals surface area contributed by atoms with E-state index in [1.54, 1.807) is 25.3 Å². The number of carbonyl (C=O) groups excluding carboxylic acids is 2. The summed E-state index contributed by atoms with van der Waals surface area (Å²) in [6, 6.07) is 12.4. The molecule has 4 aromatic rings. The molecule has 1 N–H and O–H groups in total. The van der Waals surface area contributed by atoms with E-state index in [2.05, 4.69) is 9.88 Å². The van der Waals surface area contributed by atoms with Gasteiger partial charge in [-0.3, -0.25) is 4.79 Å². The molecule has 0 unspecified atom stereocenters. The van der Waals surface area contributed by atoms with Crippen molar-refractivity contribution in [3.63, 3.8) is 0 Å². The standard InChI is InChI=1S/C26H24N2O6/c1-14-25(21-12-19(32-3)7-9-22(21)28(14)18-5-6-18)26(31)33-13-16-10-24(30)34-23-11-17(27-15(2)29)4-8-20(16)23/h4,7-12,18H,5-6,13H2,1-3H3,(H,27,29). The van der Waals surface area contributed by atoms with Gasteiger partial charge in [0.1, 0.15) is 17.9 Å². The van der Waals surface area contributed by atoms with Crippen molar-refractivity contribution in [2.45, 2.75) is 39.3 Å². The third-order valence-electron chi connectivity index (χ3n) is 6.08. The zero-order chi connectivity index (χ0) is 24.0. The van der Waals surface area contributed by atoms with Crippen LogP contribution in [-0.4, -0.2) is 23.6 Å². The van der Waals surface area contributed by atoms with Crippen LogP contribution < -0.4 is 15.7 Å². The molecule has 1 aliphatic carbocycles. The van der Waals surface area contributed by atoms with Crippen LogP contribution in [0.5, 0.6) is 5.75 Å². The fourth-order valence-corrected chi connectivity index (χ4v) is 4.46. The molecule has 0 aliphatic heterocycles. The highest BCUT2D eigenvalue weighted by atomic mass is 16.5. The van der Waals surface area contributed by atoms with Crippen molar-refractivity contribution >= 4 is 39.4 Å². The van der Waals surface area contributed by atoms with Gasteiger partial charge in [-0.1, -0.05) is 0 Å². The number of hydrogen-bond acceptors (Lipinski definition) is 6. The van der Waals surface area contributed by atoms with Crippen LogP contribution in [0.4, 0.5) is 5.69 Å². The number of hydrogen-bond donors (Lipinski definition) is 1. The van der Waals surface area contributed by atoms with Gasteiger partial charge in [0.2, 0.25) is 5.91 Å². The summed E-state index contributed by atoms with van der Waals surface area (Å²) in [5, 5.41) is 4.07. The molecular weight excluding hydrogens is 436 g/mol. The lowest BCUT2D eigenvalue weighted by atomic mass is 10.1. The number of rotatable bonds is 6. The number of amides is 1.